The summed E-state index contributed by atoms with van der Waals surface area (Å²) in [5, 5.41) is 0. The second kappa shape index (κ2) is 6.76. The van der Waals surface area contributed by atoms with E-state index >= 15 is 0 Å². The largest absolute Gasteiger partial charge is 0.463 e. The molecule has 0 aliphatic heterocycles. The molecule has 0 spiro atoms. The van der Waals surface area contributed by atoms with Gasteiger partial charge in [0.05, 0.1) is 6.61 Å². The lowest BCUT2D eigenvalue weighted by Crippen LogP contribution is -2.34. The fourth-order valence-corrected chi connectivity index (χ4v) is 0.937. The van der Waals surface area contributed by atoms with Crippen molar-refractivity contribution < 1.29 is 19.1 Å². The number of hydrogen-bond donors (Lipinski definition) is 0. The molecule has 0 heterocycles. The second-order valence-corrected chi connectivity index (χ2v) is 3.48. The molecule has 0 rings (SSSR count). The quantitative estimate of drug-likeness (QED) is 0.525. The summed E-state index contributed by atoms with van der Waals surface area (Å²) in [7, 11) is 1.38. The molecule has 0 N–H and O–H groups in total. The van der Waals surface area contributed by atoms with E-state index in [0.717, 1.165) is 17.1 Å². The van der Waals surface area contributed by atoms with Gasteiger partial charge in [0.1, 0.15) is 0 Å². The number of hydrogen-bond acceptors (Lipinski definition) is 4. The molecule has 2 amide bonds. The average molecular weight is 227 g/mol. The van der Waals surface area contributed by atoms with Gasteiger partial charge in [0.2, 0.25) is 5.91 Å². The van der Waals surface area contributed by atoms with E-state index in [-0.39, 0.29) is 18.4 Å². The minimum absolute atomic E-state index is 0.248. The first-order valence-electron chi connectivity index (χ1n) is 5.06. The van der Waals surface area contributed by atoms with Gasteiger partial charge in [-0.25, -0.2) is 4.79 Å². The monoisotopic (exact) mass is 227 g/mol. The molecule has 0 fully saturated rings. The molecule has 0 aromatic rings. The van der Waals surface area contributed by atoms with E-state index in [0.29, 0.717) is 0 Å². The Morgan fingerprint density at radius 2 is 1.81 bits per heavy atom. The molecule has 0 aromatic carbocycles. The SMILES string of the molecule is CCOC(=O)/C=C\C(=O)N(C)C(=O)C(C)C. The first kappa shape index (κ1) is 14.3. The molecule has 16 heavy (non-hydrogen) atoms. The molecule has 0 bridgehead atoms. The van der Waals surface area contributed by atoms with E-state index in [2.05, 4.69) is 4.74 Å². The molecule has 0 saturated carbocycles. The van der Waals surface area contributed by atoms with Gasteiger partial charge in [0.25, 0.3) is 5.91 Å². The summed E-state index contributed by atoms with van der Waals surface area (Å²) in [6.07, 6.45) is 2.04. The molecule has 0 aromatic heterocycles. The molecule has 0 radical (unpaired) electrons. The van der Waals surface area contributed by atoms with Crippen molar-refractivity contribution in [1.29, 1.82) is 0 Å². The fraction of sp³-hybridized carbons (Fsp3) is 0.545. The maximum atomic E-state index is 11.4. The molecule has 0 aliphatic carbocycles. The highest BCUT2D eigenvalue weighted by atomic mass is 16.5. The highest BCUT2D eigenvalue weighted by Crippen LogP contribution is 2.00. The lowest BCUT2D eigenvalue weighted by molar-refractivity contribution is -0.143. The van der Waals surface area contributed by atoms with E-state index < -0.39 is 11.9 Å². The van der Waals surface area contributed by atoms with Gasteiger partial charge in [0.15, 0.2) is 0 Å². The molecule has 5 heteroatoms. The normalized spacial score (nSPS) is 10.6. The molecular formula is C11H17NO4. The number of likely N-dealkylation sites (N-methyl/N-ethyl adjacent to an activating group) is 1. The molecule has 0 saturated heterocycles. The molecule has 0 aliphatic rings. The predicted molar refractivity (Wildman–Crippen MR) is 58.4 cm³/mol. The number of ether oxygens (including phenoxy) is 1. The van der Waals surface area contributed by atoms with Crippen LogP contribution in [-0.2, 0) is 19.1 Å². The van der Waals surface area contributed by atoms with Crippen LogP contribution in [0.3, 0.4) is 0 Å². The van der Waals surface area contributed by atoms with Gasteiger partial charge < -0.3 is 4.74 Å². The van der Waals surface area contributed by atoms with Gasteiger partial charge in [-0.05, 0) is 6.92 Å². The van der Waals surface area contributed by atoms with Crippen molar-refractivity contribution in [3.8, 4) is 0 Å². The Hall–Kier alpha value is -1.65. The third-order valence-corrected chi connectivity index (χ3v) is 1.80. The summed E-state index contributed by atoms with van der Waals surface area (Å²) >= 11 is 0. The van der Waals surface area contributed by atoms with Gasteiger partial charge in [-0.3, -0.25) is 14.5 Å². The van der Waals surface area contributed by atoms with Gasteiger partial charge >= 0.3 is 5.97 Å². The molecule has 90 valence electrons. The summed E-state index contributed by atoms with van der Waals surface area (Å²) in [5.74, 6) is -1.68. The molecular weight excluding hydrogens is 210 g/mol. The van der Waals surface area contributed by atoms with E-state index in [1.165, 1.54) is 7.05 Å². The minimum atomic E-state index is -0.596. The van der Waals surface area contributed by atoms with Crippen LogP contribution in [0, 0.1) is 5.92 Å². The van der Waals surface area contributed by atoms with Gasteiger partial charge in [-0.2, -0.15) is 0 Å². The summed E-state index contributed by atoms with van der Waals surface area (Å²) in [6, 6.07) is 0. The smallest absolute Gasteiger partial charge is 0.330 e. The Kier molecular flexibility index (Phi) is 6.07. The van der Waals surface area contributed by atoms with E-state index in [4.69, 9.17) is 0 Å². The lowest BCUT2D eigenvalue weighted by atomic mass is 10.2. The van der Waals surface area contributed by atoms with E-state index in [9.17, 15) is 14.4 Å². The number of imide groups is 1. The summed E-state index contributed by atoms with van der Waals surface area (Å²) < 4.78 is 4.60. The topological polar surface area (TPSA) is 63.7 Å². The van der Waals surface area contributed by atoms with Crippen LogP contribution < -0.4 is 0 Å². The molecule has 5 nitrogen and oxygen atoms in total. The first-order chi connectivity index (χ1) is 7.40. The number of amides is 2. The van der Waals surface area contributed by atoms with Crippen LogP contribution in [0.25, 0.3) is 0 Å². The van der Waals surface area contributed by atoms with Crippen molar-refractivity contribution in [2.75, 3.05) is 13.7 Å². The summed E-state index contributed by atoms with van der Waals surface area (Å²) in [6.45, 7) is 5.31. The Bertz CT molecular complexity index is 307. The zero-order chi connectivity index (χ0) is 12.7. The van der Waals surface area contributed by atoms with Crippen molar-refractivity contribution in [1.82, 2.24) is 4.90 Å². The van der Waals surface area contributed by atoms with E-state index in [1.54, 1.807) is 20.8 Å². The van der Waals surface area contributed by atoms with Crippen LogP contribution in [0.2, 0.25) is 0 Å². The number of rotatable bonds is 4. The van der Waals surface area contributed by atoms with Crippen molar-refractivity contribution in [3.05, 3.63) is 12.2 Å². The third-order valence-electron chi connectivity index (χ3n) is 1.80. The Labute approximate surface area is 95.1 Å². The van der Waals surface area contributed by atoms with Crippen molar-refractivity contribution in [3.63, 3.8) is 0 Å². The van der Waals surface area contributed by atoms with Crippen LogP contribution >= 0.6 is 0 Å². The lowest BCUT2D eigenvalue weighted by Gasteiger charge is -2.15. The zero-order valence-corrected chi connectivity index (χ0v) is 10.0. The number of carbonyl (C=O) groups excluding carboxylic acids is 3. The van der Waals surface area contributed by atoms with Crippen molar-refractivity contribution >= 4 is 17.8 Å². The van der Waals surface area contributed by atoms with Crippen molar-refractivity contribution in [2.24, 2.45) is 5.92 Å². The third kappa shape index (κ3) is 4.72. The van der Waals surface area contributed by atoms with Crippen LogP contribution in [0.4, 0.5) is 0 Å². The highest BCUT2D eigenvalue weighted by Gasteiger charge is 2.17. The van der Waals surface area contributed by atoms with Crippen LogP contribution in [0.1, 0.15) is 20.8 Å². The summed E-state index contributed by atoms with van der Waals surface area (Å²) in [5.41, 5.74) is 0. The van der Waals surface area contributed by atoms with Crippen LogP contribution in [-0.4, -0.2) is 36.3 Å². The maximum absolute atomic E-state index is 11.4. The molecule has 0 atom stereocenters. The zero-order valence-electron chi connectivity index (χ0n) is 10.0. The number of esters is 1. The van der Waals surface area contributed by atoms with Gasteiger partial charge in [-0.15, -0.1) is 0 Å². The summed E-state index contributed by atoms with van der Waals surface area (Å²) in [4.78, 5) is 34.7. The van der Waals surface area contributed by atoms with Crippen LogP contribution in [0.15, 0.2) is 12.2 Å². The second-order valence-electron chi connectivity index (χ2n) is 3.48. The maximum Gasteiger partial charge on any atom is 0.330 e. The van der Waals surface area contributed by atoms with Crippen LogP contribution in [0.5, 0.6) is 0 Å². The Morgan fingerprint density at radius 1 is 1.25 bits per heavy atom. The van der Waals surface area contributed by atoms with Gasteiger partial charge in [-0.1, -0.05) is 13.8 Å². The number of carbonyl (C=O) groups is 3. The predicted octanol–water partition coefficient (Wildman–Crippen LogP) is 0.747. The minimum Gasteiger partial charge on any atom is -0.463 e. The fourth-order valence-electron chi connectivity index (χ4n) is 0.937. The molecule has 0 unspecified atom stereocenters. The Balaban J connectivity index is 4.36. The standard InChI is InChI=1S/C11H17NO4/c1-5-16-10(14)7-6-9(13)12(4)11(15)8(2)3/h6-8H,5H2,1-4H3/b7-6-. The Morgan fingerprint density at radius 3 is 2.25 bits per heavy atom. The van der Waals surface area contributed by atoms with E-state index in [1.807, 2.05) is 0 Å². The highest BCUT2D eigenvalue weighted by molar-refractivity contribution is 6.03. The average Bonchev–Trinajstić information content (AvgIpc) is 2.24. The van der Waals surface area contributed by atoms with Gasteiger partial charge in [0, 0.05) is 25.1 Å². The van der Waals surface area contributed by atoms with Crippen molar-refractivity contribution in [2.45, 2.75) is 20.8 Å². The number of nitrogens with zero attached hydrogens (tertiary/aromatic N) is 1. The first-order valence-corrected chi connectivity index (χ1v) is 5.06.